The fraction of sp³-hybridized carbons (Fsp3) is 0.0500. The third-order valence-electron chi connectivity index (χ3n) is 3.56. The number of rotatable bonds is 5. The first kappa shape index (κ1) is 17.8. The Morgan fingerprint density at radius 3 is 2.50 bits per heavy atom. The first-order chi connectivity index (χ1) is 12.6. The van der Waals surface area contributed by atoms with Crippen LogP contribution in [0.25, 0.3) is 11.1 Å². The van der Waals surface area contributed by atoms with Gasteiger partial charge in [0.2, 0.25) is 0 Å². The summed E-state index contributed by atoms with van der Waals surface area (Å²) >= 11 is 3.24. The maximum atomic E-state index is 12.2. The summed E-state index contributed by atoms with van der Waals surface area (Å²) in [6, 6.07) is 18.8. The zero-order valence-corrected chi connectivity index (χ0v) is 15.3. The minimum Gasteiger partial charge on any atom is -0.452 e. The van der Waals surface area contributed by atoms with Gasteiger partial charge in [0, 0.05) is 28.1 Å². The third-order valence-corrected chi connectivity index (χ3v) is 3.99. The Bertz CT molecular complexity index is 929. The van der Waals surface area contributed by atoms with Gasteiger partial charge in [-0.3, -0.25) is 9.78 Å². The molecule has 0 bridgehead atoms. The molecule has 0 aliphatic carbocycles. The van der Waals surface area contributed by atoms with Crippen molar-refractivity contribution in [2.24, 2.45) is 0 Å². The van der Waals surface area contributed by atoms with Gasteiger partial charge in [-0.05, 0) is 33.6 Å². The molecule has 26 heavy (non-hydrogen) atoms. The lowest BCUT2D eigenvalue weighted by atomic mass is 10.0. The van der Waals surface area contributed by atoms with E-state index in [0.717, 1.165) is 11.1 Å². The second-order valence-corrected chi connectivity index (χ2v) is 6.34. The van der Waals surface area contributed by atoms with Crippen LogP contribution < -0.4 is 5.32 Å². The normalized spacial score (nSPS) is 10.2. The molecular formula is C20H15BrN2O3. The molecular weight excluding hydrogens is 396 g/mol. The molecule has 1 amide bonds. The topological polar surface area (TPSA) is 68.3 Å². The highest BCUT2D eigenvalue weighted by Gasteiger charge is 2.13. The summed E-state index contributed by atoms with van der Waals surface area (Å²) in [6.07, 6.45) is 2.94. The van der Waals surface area contributed by atoms with Crippen LogP contribution in [0.1, 0.15) is 10.4 Å². The Morgan fingerprint density at radius 1 is 1.00 bits per heavy atom. The average molecular weight is 411 g/mol. The molecule has 1 aromatic heterocycles. The van der Waals surface area contributed by atoms with Gasteiger partial charge in [0.25, 0.3) is 5.91 Å². The first-order valence-electron chi connectivity index (χ1n) is 7.85. The summed E-state index contributed by atoms with van der Waals surface area (Å²) in [4.78, 5) is 28.1. The smallest absolute Gasteiger partial charge is 0.340 e. The predicted octanol–water partition coefficient (Wildman–Crippen LogP) is 4.31. The number of amides is 1. The molecule has 1 N–H and O–H groups in total. The average Bonchev–Trinajstić information content (AvgIpc) is 2.67. The summed E-state index contributed by atoms with van der Waals surface area (Å²) < 4.78 is 5.71. The van der Waals surface area contributed by atoms with E-state index in [2.05, 4.69) is 26.2 Å². The summed E-state index contributed by atoms with van der Waals surface area (Å²) in [6.45, 7) is -0.380. The van der Waals surface area contributed by atoms with Crippen LogP contribution in [0.3, 0.4) is 0 Å². The second-order valence-electron chi connectivity index (χ2n) is 5.43. The summed E-state index contributed by atoms with van der Waals surface area (Å²) in [5, 5.41) is 2.79. The van der Waals surface area contributed by atoms with Crippen molar-refractivity contribution in [3.63, 3.8) is 0 Å². The van der Waals surface area contributed by atoms with Crippen molar-refractivity contribution in [1.82, 2.24) is 4.98 Å². The largest absolute Gasteiger partial charge is 0.452 e. The lowest BCUT2D eigenvalue weighted by Crippen LogP contribution is -2.21. The zero-order chi connectivity index (χ0) is 18.4. The minimum absolute atomic E-state index is 0.275. The molecule has 0 saturated carbocycles. The number of benzene rings is 2. The van der Waals surface area contributed by atoms with Gasteiger partial charge in [-0.1, -0.05) is 48.5 Å². The summed E-state index contributed by atoms with van der Waals surface area (Å²) in [5.41, 5.74) is 2.81. The summed E-state index contributed by atoms with van der Waals surface area (Å²) in [5.74, 6) is -1.02. The van der Waals surface area contributed by atoms with E-state index in [1.54, 1.807) is 18.3 Å². The van der Waals surface area contributed by atoms with E-state index in [1.165, 1.54) is 6.20 Å². The molecule has 130 valence electrons. The standard InChI is InChI=1S/C20H15BrN2O3/c21-16-10-15(11-22-12-16)20(25)26-13-19(24)23-18-9-5-4-8-17(18)14-6-2-1-3-7-14/h1-12H,13H2,(H,23,24). The van der Waals surface area contributed by atoms with Crippen molar-refractivity contribution in [1.29, 1.82) is 0 Å². The number of aromatic nitrogens is 1. The molecule has 3 aromatic rings. The highest BCUT2D eigenvalue weighted by molar-refractivity contribution is 9.10. The molecule has 1 heterocycles. The minimum atomic E-state index is -0.606. The Hall–Kier alpha value is -2.99. The van der Waals surface area contributed by atoms with Crippen molar-refractivity contribution in [2.45, 2.75) is 0 Å². The van der Waals surface area contributed by atoms with Gasteiger partial charge < -0.3 is 10.1 Å². The highest BCUT2D eigenvalue weighted by Crippen LogP contribution is 2.27. The molecule has 5 nitrogen and oxygen atoms in total. The zero-order valence-electron chi connectivity index (χ0n) is 13.7. The van der Waals surface area contributed by atoms with E-state index < -0.39 is 11.9 Å². The fourth-order valence-corrected chi connectivity index (χ4v) is 2.75. The number of para-hydroxylation sites is 1. The monoisotopic (exact) mass is 410 g/mol. The van der Waals surface area contributed by atoms with Gasteiger partial charge in [0.05, 0.1) is 5.56 Å². The predicted molar refractivity (Wildman–Crippen MR) is 103 cm³/mol. The van der Waals surface area contributed by atoms with Gasteiger partial charge in [-0.25, -0.2) is 4.79 Å². The molecule has 0 radical (unpaired) electrons. The number of halogens is 1. The lowest BCUT2D eigenvalue weighted by Gasteiger charge is -2.11. The first-order valence-corrected chi connectivity index (χ1v) is 8.65. The van der Waals surface area contributed by atoms with Crippen LogP contribution in [-0.4, -0.2) is 23.5 Å². The van der Waals surface area contributed by atoms with Gasteiger partial charge in [0.15, 0.2) is 6.61 Å². The van der Waals surface area contributed by atoms with Crippen LogP contribution >= 0.6 is 15.9 Å². The van der Waals surface area contributed by atoms with Crippen LogP contribution in [0, 0.1) is 0 Å². The number of pyridine rings is 1. The Kier molecular flexibility index (Phi) is 5.76. The lowest BCUT2D eigenvalue weighted by molar-refractivity contribution is -0.119. The molecule has 3 rings (SSSR count). The number of esters is 1. The third kappa shape index (κ3) is 4.55. The van der Waals surface area contributed by atoms with Crippen LogP contribution in [-0.2, 0) is 9.53 Å². The maximum absolute atomic E-state index is 12.2. The van der Waals surface area contributed by atoms with E-state index in [1.807, 2.05) is 48.5 Å². The molecule has 0 fully saturated rings. The molecule has 2 aromatic carbocycles. The van der Waals surface area contributed by atoms with Crippen LogP contribution in [0.2, 0.25) is 0 Å². The van der Waals surface area contributed by atoms with E-state index in [4.69, 9.17) is 4.74 Å². The molecule has 0 atom stereocenters. The van der Waals surface area contributed by atoms with Crippen molar-refractivity contribution < 1.29 is 14.3 Å². The van der Waals surface area contributed by atoms with Gasteiger partial charge in [-0.2, -0.15) is 0 Å². The molecule has 0 saturated heterocycles. The number of hydrogen-bond acceptors (Lipinski definition) is 4. The van der Waals surface area contributed by atoms with Gasteiger partial charge in [-0.15, -0.1) is 0 Å². The number of anilines is 1. The Balaban J connectivity index is 1.65. The number of carbonyl (C=O) groups excluding carboxylic acids is 2. The van der Waals surface area contributed by atoms with E-state index >= 15 is 0 Å². The van der Waals surface area contributed by atoms with Crippen molar-refractivity contribution >= 4 is 33.5 Å². The number of carbonyl (C=O) groups is 2. The second kappa shape index (κ2) is 8.40. The van der Waals surface area contributed by atoms with Gasteiger partial charge >= 0.3 is 5.97 Å². The van der Waals surface area contributed by atoms with Crippen LogP contribution in [0.4, 0.5) is 5.69 Å². The van der Waals surface area contributed by atoms with E-state index in [9.17, 15) is 9.59 Å². The maximum Gasteiger partial charge on any atom is 0.340 e. The Morgan fingerprint density at radius 2 is 1.73 bits per heavy atom. The van der Waals surface area contributed by atoms with E-state index in [-0.39, 0.29) is 12.2 Å². The van der Waals surface area contributed by atoms with Gasteiger partial charge in [0.1, 0.15) is 0 Å². The van der Waals surface area contributed by atoms with Crippen molar-refractivity contribution in [2.75, 3.05) is 11.9 Å². The van der Waals surface area contributed by atoms with Crippen LogP contribution in [0.5, 0.6) is 0 Å². The number of hydrogen-bond donors (Lipinski definition) is 1. The molecule has 0 aliphatic rings. The highest BCUT2D eigenvalue weighted by atomic mass is 79.9. The molecule has 0 unspecified atom stereocenters. The molecule has 0 spiro atoms. The molecule has 0 aliphatic heterocycles. The van der Waals surface area contributed by atoms with E-state index in [0.29, 0.717) is 10.2 Å². The fourth-order valence-electron chi connectivity index (χ4n) is 2.39. The number of nitrogens with zero attached hydrogens (tertiary/aromatic N) is 1. The number of ether oxygens (including phenoxy) is 1. The van der Waals surface area contributed by atoms with Crippen molar-refractivity contribution in [3.05, 3.63) is 83.1 Å². The quantitative estimate of drug-likeness (QED) is 0.636. The number of nitrogens with one attached hydrogen (secondary N) is 1. The SMILES string of the molecule is O=C(COC(=O)c1cncc(Br)c1)Nc1ccccc1-c1ccccc1. The van der Waals surface area contributed by atoms with Crippen LogP contribution in [0.15, 0.2) is 77.5 Å². The molecule has 6 heteroatoms. The summed E-state index contributed by atoms with van der Waals surface area (Å²) in [7, 11) is 0. The Labute approximate surface area is 159 Å². The van der Waals surface area contributed by atoms with Crippen molar-refractivity contribution in [3.8, 4) is 11.1 Å².